The van der Waals surface area contributed by atoms with Gasteiger partial charge in [0.2, 0.25) is 0 Å². The summed E-state index contributed by atoms with van der Waals surface area (Å²) in [7, 11) is 0. The second kappa shape index (κ2) is 6.66. The Balaban J connectivity index is 1.94. The molecule has 0 saturated carbocycles. The largest absolute Gasteiger partial charge is 0.330 e. The van der Waals surface area contributed by atoms with Gasteiger partial charge < -0.3 is 5.73 Å². The molecule has 2 N–H and O–H groups in total. The van der Waals surface area contributed by atoms with E-state index in [4.69, 9.17) is 5.73 Å². The van der Waals surface area contributed by atoms with Gasteiger partial charge >= 0.3 is 0 Å². The zero-order chi connectivity index (χ0) is 12.8. The predicted octanol–water partition coefficient (Wildman–Crippen LogP) is 3.99. The Hall–Kier alpha value is -1.19. The molecule has 1 heterocycles. The second-order valence-corrected chi connectivity index (χ2v) is 5.44. The van der Waals surface area contributed by atoms with Gasteiger partial charge in [-0.1, -0.05) is 25.0 Å². The van der Waals surface area contributed by atoms with E-state index >= 15 is 0 Å². The summed E-state index contributed by atoms with van der Waals surface area (Å²) in [5.41, 5.74) is 6.34. The predicted molar refractivity (Wildman–Crippen MR) is 78.3 cm³/mol. The minimum Gasteiger partial charge on any atom is -0.330 e. The maximum absolute atomic E-state index is 12.2. The topological polar surface area (TPSA) is 43.1 Å². The Kier molecular flexibility index (Phi) is 4.90. The number of ketones is 1. The van der Waals surface area contributed by atoms with Gasteiger partial charge in [0.05, 0.1) is 0 Å². The van der Waals surface area contributed by atoms with Crippen molar-refractivity contribution in [2.45, 2.75) is 32.1 Å². The summed E-state index contributed by atoms with van der Waals surface area (Å²) < 4.78 is 1.13. The van der Waals surface area contributed by atoms with Crippen LogP contribution in [0, 0.1) is 0 Å². The molecule has 0 amide bonds. The monoisotopic (exact) mass is 261 g/mol. The molecule has 1 aromatic carbocycles. The van der Waals surface area contributed by atoms with Crippen molar-refractivity contribution in [2.24, 2.45) is 5.73 Å². The van der Waals surface area contributed by atoms with Crippen LogP contribution in [0.4, 0.5) is 0 Å². The molecule has 0 aliphatic rings. The van der Waals surface area contributed by atoms with Crippen LogP contribution in [0.3, 0.4) is 0 Å². The Morgan fingerprint density at radius 1 is 1.11 bits per heavy atom. The first kappa shape index (κ1) is 13.2. The van der Waals surface area contributed by atoms with Crippen LogP contribution < -0.4 is 5.73 Å². The molecule has 0 bridgehead atoms. The zero-order valence-corrected chi connectivity index (χ0v) is 11.3. The van der Waals surface area contributed by atoms with Crippen molar-refractivity contribution in [3.8, 4) is 0 Å². The summed E-state index contributed by atoms with van der Waals surface area (Å²) in [5, 5.41) is 3.22. The summed E-state index contributed by atoms with van der Waals surface area (Å²) >= 11 is 1.65. The Morgan fingerprint density at radius 2 is 1.94 bits per heavy atom. The molecule has 0 spiro atoms. The van der Waals surface area contributed by atoms with Gasteiger partial charge in [0.25, 0.3) is 0 Å². The van der Waals surface area contributed by atoms with Crippen molar-refractivity contribution >= 4 is 27.2 Å². The van der Waals surface area contributed by atoms with Gasteiger partial charge in [0, 0.05) is 16.7 Å². The van der Waals surface area contributed by atoms with Gasteiger partial charge in [0.1, 0.15) is 0 Å². The maximum atomic E-state index is 12.2. The van der Waals surface area contributed by atoms with Crippen molar-refractivity contribution in [3.63, 3.8) is 0 Å². The number of unbranched alkanes of at least 4 members (excludes halogenated alkanes) is 3. The van der Waals surface area contributed by atoms with Gasteiger partial charge in [-0.05, 0) is 42.3 Å². The Morgan fingerprint density at radius 3 is 2.78 bits per heavy atom. The molecule has 2 aromatic rings. The van der Waals surface area contributed by atoms with Crippen molar-refractivity contribution in [2.75, 3.05) is 6.54 Å². The van der Waals surface area contributed by atoms with Crippen LogP contribution in [0.25, 0.3) is 10.1 Å². The quantitative estimate of drug-likeness (QED) is 0.605. The summed E-state index contributed by atoms with van der Waals surface area (Å²) in [6.07, 6.45) is 4.92. The van der Waals surface area contributed by atoms with Crippen molar-refractivity contribution in [1.82, 2.24) is 0 Å². The number of carbonyl (C=O) groups is 1. The minimum absolute atomic E-state index is 0.274. The number of Topliss-reactive ketones (excluding diaryl/α,β-unsaturated/α-hetero) is 1. The molecule has 0 unspecified atom stereocenters. The van der Waals surface area contributed by atoms with Crippen LogP contribution in [-0.4, -0.2) is 12.3 Å². The smallest absolute Gasteiger partial charge is 0.164 e. The summed E-state index contributed by atoms with van der Waals surface area (Å²) in [6.45, 7) is 0.752. The number of hydrogen-bond donors (Lipinski definition) is 1. The lowest BCUT2D eigenvalue weighted by Gasteiger charge is -2.03. The average Bonchev–Trinajstić information content (AvgIpc) is 2.86. The van der Waals surface area contributed by atoms with E-state index in [2.05, 4.69) is 12.1 Å². The number of fused-ring (bicyclic) bond motifs is 1. The third-order valence-electron chi connectivity index (χ3n) is 3.14. The molecule has 1 aromatic heterocycles. The van der Waals surface area contributed by atoms with Crippen LogP contribution in [0.5, 0.6) is 0 Å². The van der Waals surface area contributed by atoms with E-state index in [1.54, 1.807) is 11.3 Å². The molecule has 0 radical (unpaired) electrons. The highest BCUT2D eigenvalue weighted by Gasteiger charge is 2.10. The molecule has 3 heteroatoms. The van der Waals surface area contributed by atoms with E-state index in [-0.39, 0.29) is 5.78 Å². The maximum Gasteiger partial charge on any atom is 0.164 e. The Labute approximate surface area is 112 Å². The fourth-order valence-corrected chi connectivity index (χ4v) is 3.06. The third kappa shape index (κ3) is 3.18. The van der Waals surface area contributed by atoms with Crippen molar-refractivity contribution in [1.29, 1.82) is 0 Å². The molecule has 0 saturated heterocycles. The van der Waals surface area contributed by atoms with E-state index in [1.807, 2.05) is 17.5 Å². The van der Waals surface area contributed by atoms with E-state index in [0.717, 1.165) is 42.5 Å². The first-order valence-corrected chi connectivity index (χ1v) is 7.40. The van der Waals surface area contributed by atoms with Crippen LogP contribution >= 0.6 is 11.3 Å². The van der Waals surface area contributed by atoms with E-state index in [9.17, 15) is 4.79 Å². The van der Waals surface area contributed by atoms with E-state index in [0.29, 0.717) is 6.42 Å². The number of hydrogen-bond acceptors (Lipinski definition) is 3. The molecule has 2 rings (SSSR count). The molecule has 0 aliphatic carbocycles. The van der Waals surface area contributed by atoms with E-state index in [1.165, 1.54) is 5.39 Å². The summed E-state index contributed by atoms with van der Waals surface area (Å²) in [4.78, 5) is 12.2. The minimum atomic E-state index is 0.274. The number of rotatable bonds is 7. The molecule has 0 aliphatic heterocycles. The Bertz CT molecular complexity index is 518. The van der Waals surface area contributed by atoms with Gasteiger partial charge in [-0.3, -0.25) is 4.79 Å². The summed E-state index contributed by atoms with van der Waals surface area (Å²) in [6, 6.07) is 8.04. The fourth-order valence-electron chi connectivity index (χ4n) is 2.13. The lowest BCUT2D eigenvalue weighted by atomic mass is 10.0. The lowest BCUT2D eigenvalue weighted by molar-refractivity contribution is 0.0981. The SMILES string of the molecule is NCCCCCCC(=O)c1cccc2ccsc12. The average molecular weight is 261 g/mol. The fraction of sp³-hybridized carbons (Fsp3) is 0.400. The van der Waals surface area contributed by atoms with Crippen LogP contribution in [0.1, 0.15) is 42.5 Å². The van der Waals surface area contributed by atoms with Crippen LogP contribution in [0.15, 0.2) is 29.6 Å². The molecular weight excluding hydrogens is 242 g/mol. The lowest BCUT2D eigenvalue weighted by Crippen LogP contribution is -2.00. The highest BCUT2D eigenvalue weighted by atomic mass is 32.1. The molecular formula is C15H19NOS. The van der Waals surface area contributed by atoms with Gasteiger partial charge in [0.15, 0.2) is 5.78 Å². The van der Waals surface area contributed by atoms with Crippen molar-refractivity contribution in [3.05, 3.63) is 35.2 Å². The number of benzene rings is 1. The van der Waals surface area contributed by atoms with Gasteiger partial charge in [-0.15, -0.1) is 11.3 Å². The highest BCUT2D eigenvalue weighted by molar-refractivity contribution is 7.17. The molecule has 0 fully saturated rings. The molecule has 96 valence electrons. The number of nitrogens with two attached hydrogens (primary N) is 1. The van der Waals surface area contributed by atoms with Crippen LogP contribution in [0.2, 0.25) is 0 Å². The number of thiophene rings is 1. The first-order valence-electron chi connectivity index (χ1n) is 6.52. The third-order valence-corrected chi connectivity index (χ3v) is 4.10. The molecule has 2 nitrogen and oxygen atoms in total. The van der Waals surface area contributed by atoms with Crippen LogP contribution in [-0.2, 0) is 0 Å². The molecule has 0 atom stereocenters. The normalized spacial score (nSPS) is 10.9. The second-order valence-electron chi connectivity index (χ2n) is 4.52. The van der Waals surface area contributed by atoms with E-state index < -0.39 is 0 Å². The highest BCUT2D eigenvalue weighted by Crippen LogP contribution is 2.26. The summed E-state index contributed by atoms with van der Waals surface area (Å²) in [5.74, 6) is 0.274. The molecule has 18 heavy (non-hydrogen) atoms. The first-order chi connectivity index (χ1) is 8.83. The number of carbonyl (C=O) groups excluding carboxylic acids is 1. The van der Waals surface area contributed by atoms with Crippen molar-refractivity contribution < 1.29 is 4.79 Å². The van der Waals surface area contributed by atoms with Gasteiger partial charge in [-0.2, -0.15) is 0 Å². The zero-order valence-electron chi connectivity index (χ0n) is 10.5. The standard InChI is InChI=1S/C15H19NOS/c16-10-4-2-1-3-8-14(17)13-7-5-6-12-9-11-18-15(12)13/h5-7,9,11H,1-4,8,10,16H2. The van der Waals surface area contributed by atoms with Gasteiger partial charge in [-0.25, -0.2) is 0 Å².